The molecule has 0 amide bonds. The molecule has 1 N–H and O–H groups in total. The summed E-state index contributed by atoms with van der Waals surface area (Å²) in [6.45, 7) is 2.33. The highest BCUT2D eigenvalue weighted by Crippen LogP contribution is 2.46. The van der Waals surface area contributed by atoms with Gasteiger partial charge in [-0.2, -0.15) is 0 Å². The topological polar surface area (TPSA) is 29.5 Å². The van der Waals surface area contributed by atoms with Crippen molar-refractivity contribution in [2.45, 2.75) is 19.3 Å². The quantitative estimate of drug-likeness (QED) is 0.704. The van der Waals surface area contributed by atoms with Gasteiger partial charge in [-0.05, 0) is 12.8 Å². The van der Waals surface area contributed by atoms with E-state index in [2.05, 4.69) is 47.8 Å². The number of halogens is 3. The van der Waals surface area contributed by atoms with Crippen LogP contribution in [0.25, 0.3) is 0 Å². The van der Waals surface area contributed by atoms with Crippen LogP contribution in [0.1, 0.15) is 19.3 Å². The van der Waals surface area contributed by atoms with Crippen LogP contribution >= 0.6 is 47.8 Å². The van der Waals surface area contributed by atoms with Gasteiger partial charge in [0.2, 0.25) is 0 Å². The number of hydrogen-bond acceptors (Lipinski definition) is 2. The van der Waals surface area contributed by atoms with Crippen LogP contribution in [0.4, 0.5) is 0 Å². The van der Waals surface area contributed by atoms with Gasteiger partial charge in [-0.15, -0.1) is 0 Å². The van der Waals surface area contributed by atoms with Gasteiger partial charge in [-0.3, -0.25) is 0 Å². The molecule has 2 fully saturated rings. The third-order valence-electron chi connectivity index (χ3n) is 3.42. The van der Waals surface area contributed by atoms with Crippen molar-refractivity contribution >= 4 is 47.8 Å². The monoisotopic (exact) mass is 420 g/mol. The average Bonchev–Trinajstić information content (AvgIpc) is 2.19. The van der Waals surface area contributed by atoms with Gasteiger partial charge in [-0.1, -0.05) is 54.2 Å². The molecule has 1 saturated heterocycles. The maximum Gasteiger partial charge on any atom is 0.0544 e. The molecule has 1 aliphatic heterocycles. The standard InChI is InChI=1S/C6H10O.C5H9Br3O/c1-2-6(3-1)4-7-5-6;6-1-5(2-7,3-8)4-9/h1-5H2;9H,1-4H2. The maximum atomic E-state index is 8.89. The largest absolute Gasteiger partial charge is 0.396 e. The van der Waals surface area contributed by atoms with E-state index in [4.69, 9.17) is 9.84 Å². The Morgan fingerprint density at radius 1 is 1.06 bits per heavy atom. The third-order valence-corrected chi connectivity index (χ3v) is 6.99. The summed E-state index contributed by atoms with van der Waals surface area (Å²) < 4.78 is 5.08. The summed E-state index contributed by atoms with van der Waals surface area (Å²) >= 11 is 10.0. The fourth-order valence-corrected chi connectivity index (χ4v) is 4.91. The van der Waals surface area contributed by atoms with Crippen LogP contribution in [0.15, 0.2) is 0 Å². The average molecular weight is 423 g/mol. The molecular formula is C11H19Br3O2. The molecule has 0 bridgehead atoms. The Bertz CT molecular complexity index is 166. The third kappa shape index (κ3) is 3.67. The van der Waals surface area contributed by atoms with Gasteiger partial charge < -0.3 is 9.84 Å². The number of hydrogen-bond donors (Lipinski definition) is 1. The summed E-state index contributed by atoms with van der Waals surface area (Å²) in [4.78, 5) is 0. The molecule has 5 heteroatoms. The second-order valence-corrected chi connectivity index (χ2v) is 6.59. The smallest absolute Gasteiger partial charge is 0.0544 e. The van der Waals surface area contributed by atoms with Crippen LogP contribution in [-0.2, 0) is 4.74 Å². The first kappa shape index (κ1) is 15.4. The second-order valence-electron chi connectivity index (χ2n) is 4.91. The lowest BCUT2D eigenvalue weighted by molar-refractivity contribution is -0.155. The summed E-state index contributed by atoms with van der Waals surface area (Å²) in [6.07, 6.45) is 4.32. The fraction of sp³-hybridized carbons (Fsp3) is 1.00. The first-order chi connectivity index (χ1) is 7.66. The van der Waals surface area contributed by atoms with E-state index in [1.165, 1.54) is 19.3 Å². The molecule has 1 aliphatic carbocycles. The molecule has 16 heavy (non-hydrogen) atoms. The van der Waals surface area contributed by atoms with Gasteiger partial charge in [0.25, 0.3) is 0 Å². The van der Waals surface area contributed by atoms with Gasteiger partial charge >= 0.3 is 0 Å². The molecular weight excluding hydrogens is 404 g/mol. The van der Waals surface area contributed by atoms with Crippen molar-refractivity contribution in [3.63, 3.8) is 0 Å². The Balaban J connectivity index is 0.000000163. The molecule has 2 rings (SSSR count). The normalized spacial score (nSPS) is 21.8. The van der Waals surface area contributed by atoms with Gasteiger partial charge in [0.1, 0.15) is 0 Å². The van der Waals surface area contributed by atoms with E-state index < -0.39 is 0 Å². The molecule has 1 spiro atoms. The zero-order valence-corrected chi connectivity index (χ0v) is 14.1. The molecule has 0 atom stereocenters. The predicted octanol–water partition coefficient (Wildman–Crippen LogP) is 3.34. The summed E-state index contributed by atoms with van der Waals surface area (Å²) in [6, 6.07) is 0. The minimum absolute atomic E-state index is 0.0278. The van der Waals surface area contributed by atoms with Crippen molar-refractivity contribution in [1.82, 2.24) is 0 Å². The van der Waals surface area contributed by atoms with Crippen LogP contribution in [0, 0.1) is 10.8 Å². The van der Waals surface area contributed by atoms with Crippen molar-refractivity contribution in [2.75, 3.05) is 35.8 Å². The first-order valence-electron chi connectivity index (χ1n) is 5.52. The zero-order chi connectivity index (χ0) is 12.1. The van der Waals surface area contributed by atoms with Crippen LogP contribution < -0.4 is 0 Å². The summed E-state index contributed by atoms with van der Waals surface area (Å²) in [5, 5.41) is 11.3. The number of aliphatic hydroxyl groups is 1. The Kier molecular flexibility index (Phi) is 6.82. The van der Waals surface area contributed by atoms with Crippen molar-refractivity contribution in [2.24, 2.45) is 10.8 Å². The van der Waals surface area contributed by atoms with Crippen LogP contribution in [0.5, 0.6) is 0 Å². The highest BCUT2D eigenvalue weighted by atomic mass is 79.9. The highest BCUT2D eigenvalue weighted by molar-refractivity contribution is 9.10. The SMILES string of the molecule is C1CC2(C1)COC2.OCC(CBr)(CBr)CBr. The summed E-state index contributed by atoms with van der Waals surface area (Å²) in [5.41, 5.74) is 0.694. The van der Waals surface area contributed by atoms with E-state index in [0.717, 1.165) is 34.6 Å². The highest BCUT2D eigenvalue weighted by Gasteiger charge is 2.43. The lowest BCUT2D eigenvalue weighted by atomic mass is 9.67. The maximum absolute atomic E-state index is 8.89. The Labute approximate surface area is 123 Å². The van der Waals surface area contributed by atoms with Gasteiger partial charge in [0.05, 0.1) is 19.8 Å². The fourth-order valence-electron chi connectivity index (χ4n) is 1.59. The van der Waals surface area contributed by atoms with Crippen molar-refractivity contribution in [3.8, 4) is 0 Å². The molecule has 0 radical (unpaired) electrons. The predicted molar refractivity (Wildman–Crippen MR) is 78.0 cm³/mol. The molecule has 0 unspecified atom stereocenters. The molecule has 2 aliphatic rings. The molecule has 0 aromatic rings. The Morgan fingerprint density at radius 3 is 1.56 bits per heavy atom. The molecule has 1 heterocycles. The molecule has 96 valence electrons. The zero-order valence-electron chi connectivity index (χ0n) is 9.35. The Hall–Kier alpha value is 1.36. The van der Waals surface area contributed by atoms with Gasteiger partial charge in [-0.25, -0.2) is 0 Å². The van der Waals surface area contributed by atoms with Crippen molar-refractivity contribution < 1.29 is 9.84 Å². The van der Waals surface area contributed by atoms with E-state index >= 15 is 0 Å². The first-order valence-corrected chi connectivity index (χ1v) is 8.89. The van der Waals surface area contributed by atoms with Gasteiger partial charge in [0, 0.05) is 26.8 Å². The molecule has 0 aromatic heterocycles. The second kappa shape index (κ2) is 7.07. The van der Waals surface area contributed by atoms with E-state index in [0.29, 0.717) is 0 Å². The lowest BCUT2D eigenvalue weighted by Crippen LogP contribution is -2.47. The van der Waals surface area contributed by atoms with Crippen LogP contribution in [-0.4, -0.2) is 40.9 Å². The van der Waals surface area contributed by atoms with E-state index in [-0.39, 0.29) is 12.0 Å². The molecule has 0 aromatic carbocycles. The van der Waals surface area contributed by atoms with Crippen molar-refractivity contribution in [1.29, 1.82) is 0 Å². The number of alkyl halides is 3. The van der Waals surface area contributed by atoms with Crippen molar-refractivity contribution in [3.05, 3.63) is 0 Å². The summed E-state index contributed by atoms with van der Waals surface area (Å²) in [7, 11) is 0. The van der Waals surface area contributed by atoms with Gasteiger partial charge in [0.15, 0.2) is 0 Å². The van der Waals surface area contributed by atoms with E-state index in [1.807, 2.05) is 0 Å². The van der Waals surface area contributed by atoms with Crippen LogP contribution in [0.2, 0.25) is 0 Å². The molecule has 2 nitrogen and oxygen atoms in total. The number of ether oxygens (including phenoxy) is 1. The summed E-state index contributed by atoms with van der Waals surface area (Å²) in [5.74, 6) is 0. The number of rotatable bonds is 4. The minimum atomic E-state index is -0.0278. The van der Waals surface area contributed by atoms with E-state index in [1.54, 1.807) is 0 Å². The minimum Gasteiger partial charge on any atom is -0.396 e. The molecule has 1 saturated carbocycles. The Morgan fingerprint density at radius 2 is 1.56 bits per heavy atom. The van der Waals surface area contributed by atoms with Crippen LogP contribution in [0.3, 0.4) is 0 Å². The lowest BCUT2D eigenvalue weighted by Gasteiger charge is -2.48. The van der Waals surface area contributed by atoms with E-state index in [9.17, 15) is 0 Å². The number of aliphatic hydroxyl groups excluding tert-OH is 1.